The summed E-state index contributed by atoms with van der Waals surface area (Å²) < 4.78 is 42.8. The molecule has 1 aromatic carbocycles. The predicted molar refractivity (Wildman–Crippen MR) is 143 cm³/mol. The van der Waals surface area contributed by atoms with Gasteiger partial charge in [-0.3, -0.25) is 4.90 Å². The van der Waals surface area contributed by atoms with E-state index < -0.39 is 17.9 Å². The van der Waals surface area contributed by atoms with Gasteiger partial charge in [0.15, 0.2) is 11.3 Å². The number of halogens is 6. The SMILES string of the molecule is CC1CN(c2cnc3c(C(F)(F)F)nn(C(C)c4ccc(Cl)cc4Cl)c3n2)CCC1N1CCCCC1.Cl. The van der Waals surface area contributed by atoms with E-state index in [2.05, 4.69) is 31.8 Å². The summed E-state index contributed by atoms with van der Waals surface area (Å²) in [6.45, 7) is 7.83. The smallest absolute Gasteiger partial charge is 0.355 e. The Morgan fingerprint density at radius 3 is 2.46 bits per heavy atom. The Hall–Kier alpha value is -1.81. The maximum Gasteiger partial charge on any atom is 0.437 e. The number of alkyl halides is 3. The van der Waals surface area contributed by atoms with Gasteiger partial charge in [-0.2, -0.15) is 18.3 Å². The fourth-order valence-electron chi connectivity index (χ4n) is 5.62. The van der Waals surface area contributed by atoms with Crippen molar-refractivity contribution in [3.8, 4) is 0 Å². The Kier molecular flexibility index (Phi) is 8.48. The highest BCUT2D eigenvalue weighted by Crippen LogP contribution is 2.37. The number of anilines is 1. The van der Waals surface area contributed by atoms with Gasteiger partial charge in [0, 0.05) is 29.2 Å². The van der Waals surface area contributed by atoms with Crippen molar-refractivity contribution in [3.63, 3.8) is 0 Å². The average molecular weight is 578 g/mol. The first-order valence-corrected chi connectivity index (χ1v) is 13.2. The van der Waals surface area contributed by atoms with Crippen LogP contribution in [0.5, 0.6) is 0 Å². The summed E-state index contributed by atoms with van der Waals surface area (Å²) in [5.74, 6) is 0.979. The molecule has 37 heavy (non-hydrogen) atoms. The Morgan fingerprint density at radius 2 is 1.81 bits per heavy atom. The number of piperidine rings is 2. The zero-order valence-corrected chi connectivity index (χ0v) is 23.0. The minimum absolute atomic E-state index is 0. The number of likely N-dealkylation sites (tertiary alicyclic amines) is 1. The molecule has 0 spiro atoms. The molecule has 0 N–H and O–H groups in total. The second-order valence-corrected chi connectivity index (χ2v) is 10.8. The van der Waals surface area contributed by atoms with E-state index in [4.69, 9.17) is 23.2 Å². The quantitative estimate of drug-likeness (QED) is 0.338. The van der Waals surface area contributed by atoms with Crippen LogP contribution in [0.3, 0.4) is 0 Å². The molecule has 3 unspecified atom stereocenters. The summed E-state index contributed by atoms with van der Waals surface area (Å²) in [6.07, 6.45) is 1.56. The molecule has 2 saturated heterocycles. The highest BCUT2D eigenvalue weighted by molar-refractivity contribution is 6.35. The van der Waals surface area contributed by atoms with Gasteiger partial charge in [-0.1, -0.05) is 42.6 Å². The Bertz CT molecular complexity index is 1240. The molecule has 2 aromatic heterocycles. The Morgan fingerprint density at radius 1 is 1.08 bits per heavy atom. The van der Waals surface area contributed by atoms with E-state index in [0.717, 1.165) is 32.6 Å². The van der Waals surface area contributed by atoms with Crippen molar-refractivity contribution in [1.29, 1.82) is 0 Å². The van der Waals surface area contributed by atoms with Gasteiger partial charge < -0.3 is 4.90 Å². The summed E-state index contributed by atoms with van der Waals surface area (Å²) in [5.41, 5.74) is -0.628. The fraction of sp³-hybridized carbons (Fsp3) is 0.560. The highest BCUT2D eigenvalue weighted by Gasteiger charge is 2.39. The van der Waals surface area contributed by atoms with Crippen LogP contribution >= 0.6 is 35.6 Å². The van der Waals surface area contributed by atoms with Gasteiger partial charge in [0.2, 0.25) is 0 Å². The molecule has 0 radical (unpaired) electrons. The number of nitrogens with zero attached hydrogens (tertiary/aromatic N) is 6. The summed E-state index contributed by atoms with van der Waals surface area (Å²) >= 11 is 12.4. The van der Waals surface area contributed by atoms with E-state index in [-0.39, 0.29) is 23.6 Å². The number of aromatic nitrogens is 4. The van der Waals surface area contributed by atoms with Gasteiger partial charge in [0.25, 0.3) is 0 Å². The maximum atomic E-state index is 13.9. The molecule has 0 bridgehead atoms. The molecule has 2 fully saturated rings. The van der Waals surface area contributed by atoms with E-state index in [1.165, 1.54) is 30.1 Å². The second-order valence-electron chi connectivity index (χ2n) is 9.91. The molecule has 202 valence electrons. The summed E-state index contributed by atoms with van der Waals surface area (Å²) in [6, 6.07) is 4.83. The molecule has 0 aliphatic carbocycles. The number of fused-ring (bicyclic) bond motifs is 1. The van der Waals surface area contributed by atoms with Gasteiger partial charge in [0.05, 0.1) is 12.2 Å². The normalized spacial score (nSPS) is 22.2. The number of hydrogen-bond acceptors (Lipinski definition) is 5. The lowest BCUT2D eigenvalue weighted by atomic mass is 9.91. The number of hydrogen-bond donors (Lipinski definition) is 0. The van der Waals surface area contributed by atoms with Crippen molar-refractivity contribution < 1.29 is 13.2 Å². The number of rotatable bonds is 4. The zero-order chi connectivity index (χ0) is 25.6. The third kappa shape index (κ3) is 5.65. The second kappa shape index (κ2) is 11.1. The minimum Gasteiger partial charge on any atom is -0.355 e. The topological polar surface area (TPSA) is 50.1 Å². The Balaban J connectivity index is 0.00000320. The van der Waals surface area contributed by atoms with E-state index in [1.54, 1.807) is 25.1 Å². The largest absolute Gasteiger partial charge is 0.437 e. The van der Waals surface area contributed by atoms with Crippen LogP contribution in [0.25, 0.3) is 11.2 Å². The molecule has 12 heteroatoms. The fourth-order valence-corrected chi connectivity index (χ4v) is 6.19. The van der Waals surface area contributed by atoms with Crippen LogP contribution in [-0.2, 0) is 6.18 Å². The first kappa shape index (κ1) is 28.2. The van der Waals surface area contributed by atoms with Crippen molar-refractivity contribution in [3.05, 3.63) is 45.7 Å². The molecule has 0 amide bonds. The third-order valence-electron chi connectivity index (χ3n) is 7.48. The molecule has 3 atom stereocenters. The lowest BCUT2D eigenvalue weighted by molar-refractivity contribution is -0.140. The van der Waals surface area contributed by atoms with Crippen LogP contribution in [0.2, 0.25) is 10.0 Å². The maximum absolute atomic E-state index is 13.9. The number of benzene rings is 1. The van der Waals surface area contributed by atoms with Crippen LogP contribution in [-0.4, -0.2) is 56.9 Å². The summed E-state index contributed by atoms with van der Waals surface area (Å²) in [4.78, 5) is 13.6. The average Bonchev–Trinajstić information content (AvgIpc) is 3.24. The van der Waals surface area contributed by atoms with Crippen LogP contribution in [0.15, 0.2) is 24.4 Å². The van der Waals surface area contributed by atoms with Crippen LogP contribution in [0, 0.1) is 5.92 Å². The molecule has 5 rings (SSSR count). The van der Waals surface area contributed by atoms with Crippen molar-refractivity contribution in [1.82, 2.24) is 24.6 Å². The predicted octanol–water partition coefficient (Wildman–Crippen LogP) is 6.88. The Labute approximate surface area is 230 Å². The van der Waals surface area contributed by atoms with E-state index in [0.29, 0.717) is 33.4 Å². The van der Waals surface area contributed by atoms with Gasteiger partial charge in [0.1, 0.15) is 11.3 Å². The van der Waals surface area contributed by atoms with Crippen molar-refractivity contribution in [2.75, 3.05) is 31.1 Å². The molecule has 3 aromatic rings. The molecular weight excluding hydrogens is 548 g/mol. The van der Waals surface area contributed by atoms with Crippen LogP contribution < -0.4 is 4.90 Å². The molecule has 2 aliphatic heterocycles. The monoisotopic (exact) mass is 576 g/mol. The summed E-state index contributed by atoms with van der Waals surface area (Å²) in [5, 5.41) is 4.72. The molecule has 6 nitrogen and oxygen atoms in total. The molecule has 0 saturated carbocycles. The van der Waals surface area contributed by atoms with Crippen LogP contribution in [0.4, 0.5) is 19.0 Å². The van der Waals surface area contributed by atoms with Gasteiger partial charge in [-0.25, -0.2) is 14.6 Å². The summed E-state index contributed by atoms with van der Waals surface area (Å²) in [7, 11) is 0. The zero-order valence-electron chi connectivity index (χ0n) is 20.7. The van der Waals surface area contributed by atoms with Gasteiger partial charge in [-0.05, 0) is 62.9 Å². The molecule has 4 heterocycles. The van der Waals surface area contributed by atoms with E-state index in [9.17, 15) is 13.2 Å². The van der Waals surface area contributed by atoms with Crippen molar-refractivity contribution in [2.24, 2.45) is 5.92 Å². The van der Waals surface area contributed by atoms with E-state index >= 15 is 0 Å². The minimum atomic E-state index is -4.66. The standard InChI is InChI=1S/C25H29Cl2F3N6.ClH/c1-15-14-35(11-8-20(15)34-9-4-3-5-10-34)21-13-31-22-23(25(28,29)30)33-36(24(22)32-21)16(2)18-7-6-17(26)12-19(18)27;/h6-7,12-13,15-16,20H,3-5,8-11,14H2,1-2H3;1H. The first-order chi connectivity index (χ1) is 17.1. The lowest BCUT2D eigenvalue weighted by Gasteiger charge is -2.44. The van der Waals surface area contributed by atoms with Gasteiger partial charge >= 0.3 is 6.18 Å². The van der Waals surface area contributed by atoms with Gasteiger partial charge in [-0.15, -0.1) is 12.4 Å². The lowest BCUT2D eigenvalue weighted by Crippen LogP contribution is -2.51. The van der Waals surface area contributed by atoms with Crippen molar-refractivity contribution >= 4 is 52.6 Å². The highest BCUT2D eigenvalue weighted by atomic mass is 35.5. The van der Waals surface area contributed by atoms with Crippen LogP contribution in [0.1, 0.15) is 56.8 Å². The molecule has 2 aliphatic rings. The van der Waals surface area contributed by atoms with Crippen molar-refractivity contribution in [2.45, 2.75) is 57.8 Å². The van der Waals surface area contributed by atoms with E-state index in [1.807, 2.05) is 0 Å². The third-order valence-corrected chi connectivity index (χ3v) is 8.04. The first-order valence-electron chi connectivity index (χ1n) is 12.4. The molecular formula is C25H30Cl3F3N6.